The average molecular weight is 415 g/mol. The lowest BCUT2D eigenvalue weighted by Crippen LogP contribution is -2.22. The van der Waals surface area contributed by atoms with Crippen LogP contribution in [0.5, 0.6) is 0 Å². The minimum atomic E-state index is -0.140. The van der Waals surface area contributed by atoms with Gasteiger partial charge in [0.25, 0.3) is 5.91 Å². The predicted molar refractivity (Wildman–Crippen MR) is 119 cm³/mol. The number of nitrogens with one attached hydrogen (secondary N) is 1. The van der Waals surface area contributed by atoms with Gasteiger partial charge in [-0.2, -0.15) is 10.2 Å². The molecule has 3 N–H and O–H groups in total. The van der Waals surface area contributed by atoms with Crippen molar-refractivity contribution in [2.75, 3.05) is 0 Å². The summed E-state index contributed by atoms with van der Waals surface area (Å²) in [4.78, 5) is 12.4. The molecule has 7 nitrogen and oxygen atoms in total. The van der Waals surface area contributed by atoms with Crippen molar-refractivity contribution < 1.29 is 4.79 Å². The van der Waals surface area contributed by atoms with Gasteiger partial charge in [-0.25, -0.2) is 0 Å². The number of hydrogen-bond acceptors (Lipinski definition) is 4. The highest BCUT2D eigenvalue weighted by Gasteiger charge is 2.09. The smallest absolute Gasteiger partial charge is 0.254 e. The molecule has 1 amide bonds. The van der Waals surface area contributed by atoms with E-state index in [2.05, 4.69) is 39.8 Å². The predicted octanol–water partition coefficient (Wildman–Crippen LogP) is 2.87. The number of amides is 1. The SMILES string of the molecule is Cc1cnn(Cc2ccc(Cn3cc(C(=O)NCc4ccc(CN)cc4)cn3)cc2)c1. The number of rotatable bonds is 8. The second-order valence-corrected chi connectivity index (χ2v) is 7.66. The number of nitrogens with two attached hydrogens (primary N) is 1. The van der Waals surface area contributed by atoms with Crippen molar-refractivity contribution in [2.45, 2.75) is 33.1 Å². The van der Waals surface area contributed by atoms with Crippen LogP contribution in [0.4, 0.5) is 0 Å². The van der Waals surface area contributed by atoms with E-state index in [9.17, 15) is 4.79 Å². The minimum absolute atomic E-state index is 0.140. The molecule has 31 heavy (non-hydrogen) atoms. The van der Waals surface area contributed by atoms with Crippen molar-refractivity contribution in [3.8, 4) is 0 Å². The summed E-state index contributed by atoms with van der Waals surface area (Å²) in [6.07, 6.45) is 7.26. The number of aryl methyl sites for hydroxylation is 1. The normalized spacial score (nSPS) is 10.9. The zero-order chi connectivity index (χ0) is 21.6. The summed E-state index contributed by atoms with van der Waals surface area (Å²) in [6, 6.07) is 16.3. The largest absolute Gasteiger partial charge is 0.348 e. The summed E-state index contributed by atoms with van der Waals surface area (Å²) in [5, 5.41) is 11.6. The average Bonchev–Trinajstić information content (AvgIpc) is 3.42. The molecule has 0 fully saturated rings. The van der Waals surface area contributed by atoms with Crippen LogP contribution < -0.4 is 11.1 Å². The molecule has 0 radical (unpaired) electrons. The lowest BCUT2D eigenvalue weighted by molar-refractivity contribution is 0.0951. The molecule has 0 aliphatic carbocycles. The molecular formula is C24H26N6O. The second kappa shape index (κ2) is 9.40. The Labute approximate surface area is 181 Å². The van der Waals surface area contributed by atoms with Gasteiger partial charge in [0.05, 0.1) is 31.0 Å². The molecule has 7 heteroatoms. The van der Waals surface area contributed by atoms with Crippen LogP contribution in [0.2, 0.25) is 0 Å². The van der Waals surface area contributed by atoms with E-state index in [1.165, 1.54) is 5.56 Å². The van der Waals surface area contributed by atoms with Crippen molar-refractivity contribution >= 4 is 5.91 Å². The molecule has 2 aromatic carbocycles. The first-order valence-corrected chi connectivity index (χ1v) is 10.2. The van der Waals surface area contributed by atoms with E-state index in [0.29, 0.717) is 25.2 Å². The Morgan fingerprint density at radius 1 is 0.839 bits per heavy atom. The monoisotopic (exact) mass is 414 g/mol. The zero-order valence-corrected chi connectivity index (χ0v) is 17.5. The Balaban J connectivity index is 1.31. The van der Waals surface area contributed by atoms with Gasteiger partial charge in [0.1, 0.15) is 0 Å². The highest BCUT2D eigenvalue weighted by atomic mass is 16.1. The van der Waals surface area contributed by atoms with Crippen molar-refractivity contribution in [2.24, 2.45) is 5.73 Å². The second-order valence-electron chi connectivity index (χ2n) is 7.66. The van der Waals surface area contributed by atoms with Gasteiger partial charge in [-0.15, -0.1) is 0 Å². The molecule has 4 aromatic rings. The van der Waals surface area contributed by atoms with Crippen LogP contribution in [0.1, 0.15) is 38.2 Å². The van der Waals surface area contributed by atoms with Crippen LogP contribution in [0.15, 0.2) is 73.3 Å². The van der Waals surface area contributed by atoms with Gasteiger partial charge in [0.2, 0.25) is 0 Å². The fourth-order valence-electron chi connectivity index (χ4n) is 3.32. The highest BCUT2D eigenvalue weighted by molar-refractivity contribution is 5.93. The van der Waals surface area contributed by atoms with Crippen molar-refractivity contribution in [1.82, 2.24) is 24.9 Å². The van der Waals surface area contributed by atoms with Gasteiger partial charge in [0.15, 0.2) is 0 Å². The Bertz CT molecular complexity index is 1140. The van der Waals surface area contributed by atoms with E-state index >= 15 is 0 Å². The maximum absolute atomic E-state index is 12.4. The molecular weight excluding hydrogens is 388 g/mol. The first-order valence-electron chi connectivity index (χ1n) is 10.2. The summed E-state index contributed by atoms with van der Waals surface area (Å²) in [7, 11) is 0. The number of benzene rings is 2. The third-order valence-corrected chi connectivity index (χ3v) is 5.08. The van der Waals surface area contributed by atoms with Gasteiger partial charge in [-0.3, -0.25) is 14.2 Å². The number of aromatic nitrogens is 4. The van der Waals surface area contributed by atoms with E-state index in [4.69, 9.17) is 5.73 Å². The molecule has 0 aliphatic rings. The molecule has 0 aliphatic heterocycles. The topological polar surface area (TPSA) is 90.8 Å². The maximum atomic E-state index is 12.4. The lowest BCUT2D eigenvalue weighted by Gasteiger charge is -2.06. The molecule has 4 rings (SSSR count). The fourth-order valence-corrected chi connectivity index (χ4v) is 3.32. The third kappa shape index (κ3) is 5.46. The maximum Gasteiger partial charge on any atom is 0.254 e. The van der Waals surface area contributed by atoms with Gasteiger partial charge in [-0.1, -0.05) is 48.5 Å². The molecule has 0 unspecified atom stereocenters. The van der Waals surface area contributed by atoms with Crippen molar-refractivity contribution in [3.63, 3.8) is 0 Å². The Kier molecular flexibility index (Phi) is 6.24. The fraction of sp³-hybridized carbons (Fsp3) is 0.208. The molecule has 0 atom stereocenters. The lowest BCUT2D eigenvalue weighted by atomic mass is 10.1. The van der Waals surface area contributed by atoms with Crippen LogP contribution in [0.3, 0.4) is 0 Å². The van der Waals surface area contributed by atoms with Crippen LogP contribution in [0.25, 0.3) is 0 Å². The third-order valence-electron chi connectivity index (χ3n) is 5.08. The number of nitrogens with zero attached hydrogens (tertiary/aromatic N) is 4. The number of carbonyl (C=O) groups excluding carboxylic acids is 1. The van der Waals surface area contributed by atoms with Crippen LogP contribution >= 0.6 is 0 Å². The number of hydrogen-bond donors (Lipinski definition) is 2. The molecule has 2 heterocycles. The standard InChI is InChI=1S/C24H26N6O/c1-18-11-27-29(14-18)15-21-6-8-22(9-7-21)16-30-17-23(13-28-30)24(31)26-12-20-4-2-19(10-25)3-5-20/h2-9,11,13-14,17H,10,12,15-16,25H2,1H3,(H,26,31). The van der Waals surface area contributed by atoms with Crippen LogP contribution in [0, 0.1) is 6.92 Å². The Morgan fingerprint density at radius 2 is 1.39 bits per heavy atom. The van der Waals surface area contributed by atoms with Gasteiger partial charge < -0.3 is 11.1 Å². The Morgan fingerprint density at radius 3 is 1.97 bits per heavy atom. The summed E-state index contributed by atoms with van der Waals surface area (Å²) in [5.41, 5.74) is 11.7. The van der Waals surface area contributed by atoms with E-state index in [1.807, 2.05) is 48.3 Å². The van der Waals surface area contributed by atoms with Crippen LogP contribution in [-0.2, 0) is 26.2 Å². The zero-order valence-electron chi connectivity index (χ0n) is 17.5. The van der Waals surface area contributed by atoms with E-state index in [1.54, 1.807) is 17.1 Å². The van der Waals surface area contributed by atoms with Crippen molar-refractivity contribution in [3.05, 3.63) is 107 Å². The van der Waals surface area contributed by atoms with E-state index in [-0.39, 0.29) is 5.91 Å². The quantitative estimate of drug-likeness (QED) is 0.464. The first kappa shape index (κ1) is 20.6. The van der Waals surface area contributed by atoms with E-state index in [0.717, 1.165) is 28.8 Å². The Hall–Kier alpha value is -3.71. The molecule has 0 saturated heterocycles. The van der Waals surface area contributed by atoms with Gasteiger partial charge >= 0.3 is 0 Å². The first-order chi connectivity index (χ1) is 15.1. The molecule has 0 bridgehead atoms. The van der Waals surface area contributed by atoms with E-state index < -0.39 is 0 Å². The number of carbonyl (C=O) groups is 1. The molecule has 0 spiro atoms. The van der Waals surface area contributed by atoms with Gasteiger partial charge in [-0.05, 0) is 34.7 Å². The van der Waals surface area contributed by atoms with Crippen molar-refractivity contribution in [1.29, 1.82) is 0 Å². The summed E-state index contributed by atoms with van der Waals surface area (Å²) in [5.74, 6) is -0.140. The summed E-state index contributed by atoms with van der Waals surface area (Å²) >= 11 is 0. The van der Waals surface area contributed by atoms with Gasteiger partial charge in [0, 0.05) is 25.5 Å². The highest BCUT2D eigenvalue weighted by Crippen LogP contribution is 2.10. The molecule has 2 aromatic heterocycles. The summed E-state index contributed by atoms with van der Waals surface area (Å²) in [6.45, 7) is 4.36. The molecule has 0 saturated carbocycles. The molecule has 158 valence electrons. The summed E-state index contributed by atoms with van der Waals surface area (Å²) < 4.78 is 3.70. The minimum Gasteiger partial charge on any atom is -0.348 e. The van der Waals surface area contributed by atoms with Crippen LogP contribution in [-0.4, -0.2) is 25.5 Å².